The second kappa shape index (κ2) is 7.57. The number of amides is 1. The summed E-state index contributed by atoms with van der Waals surface area (Å²) in [6.07, 6.45) is 0.927. The molecule has 0 saturated heterocycles. The number of likely N-dealkylation sites (N-methyl/N-ethyl adjacent to an activating group) is 1. The normalized spacial score (nSPS) is 10.2. The van der Waals surface area contributed by atoms with Gasteiger partial charge >= 0.3 is 0 Å². The van der Waals surface area contributed by atoms with Gasteiger partial charge in [-0.1, -0.05) is 6.92 Å². The summed E-state index contributed by atoms with van der Waals surface area (Å²) < 4.78 is 5.40. The predicted molar refractivity (Wildman–Crippen MR) is 81.0 cm³/mol. The smallest absolute Gasteiger partial charge is 0.241 e. The molecule has 1 heterocycles. The van der Waals surface area contributed by atoms with Crippen molar-refractivity contribution in [1.82, 2.24) is 9.88 Å². The average Bonchev–Trinajstić information content (AvgIpc) is 2.41. The first kappa shape index (κ1) is 16.1. The molecule has 1 amide bonds. The van der Waals surface area contributed by atoms with Crippen LogP contribution < -0.4 is 15.4 Å². The van der Waals surface area contributed by atoms with Crippen LogP contribution in [0.4, 0.5) is 11.5 Å². The number of carbonyl (C=O) groups is 1. The minimum Gasteiger partial charge on any atom is -0.476 e. The number of hydrogen-bond acceptors (Lipinski definition) is 5. The van der Waals surface area contributed by atoms with Gasteiger partial charge in [0.2, 0.25) is 11.8 Å². The third-order valence-electron chi connectivity index (χ3n) is 2.80. The van der Waals surface area contributed by atoms with Gasteiger partial charge < -0.3 is 20.3 Å². The molecular weight excluding hydrogens is 256 g/mol. The van der Waals surface area contributed by atoms with Crippen molar-refractivity contribution in [2.75, 3.05) is 44.4 Å². The number of aromatic nitrogens is 1. The van der Waals surface area contributed by atoms with E-state index in [2.05, 4.69) is 11.9 Å². The van der Waals surface area contributed by atoms with E-state index in [4.69, 9.17) is 10.5 Å². The predicted octanol–water partition coefficient (Wildman–Crippen LogP) is 1.37. The highest BCUT2D eigenvalue weighted by molar-refractivity contribution is 5.80. The summed E-state index contributed by atoms with van der Waals surface area (Å²) in [4.78, 5) is 19.8. The Bertz CT molecular complexity index is 449. The minimum absolute atomic E-state index is 0.0371. The maximum Gasteiger partial charge on any atom is 0.241 e. The first-order valence-corrected chi connectivity index (χ1v) is 6.84. The number of rotatable bonds is 7. The highest BCUT2D eigenvalue weighted by Crippen LogP contribution is 2.23. The van der Waals surface area contributed by atoms with Crippen molar-refractivity contribution in [3.8, 4) is 5.88 Å². The molecular formula is C14H24N4O2. The van der Waals surface area contributed by atoms with Gasteiger partial charge in [0.05, 0.1) is 18.8 Å². The standard InChI is InChI=1S/C14H24N4O2/c1-5-9-18(10-13(19)17(3)4)12-8-7-11(15)14(16-12)20-6-2/h7-8H,5-6,9-10,15H2,1-4H3. The van der Waals surface area contributed by atoms with Crippen LogP contribution in [-0.4, -0.2) is 49.6 Å². The summed E-state index contributed by atoms with van der Waals surface area (Å²) in [5.41, 5.74) is 6.32. The van der Waals surface area contributed by atoms with E-state index in [9.17, 15) is 4.79 Å². The molecule has 0 fully saturated rings. The van der Waals surface area contributed by atoms with Crippen LogP contribution in [-0.2, 0) is 4.79 Å². The molecule has 20 heavy (non-hydrogen) atoms. The van der Waals surface area contributed by atoms with Gasteiger partial charge in [0, 0.05) is 20.6 Å². The largest absolute Gasteiger partial charge is 0.476 e. The third-order valence-corrected chi connectivity index (χ3v) is 2.80. The van der Waals surface area contributed by atoms with Crippen molar-refractivity contribution in [3.05, 3.63) is 12.1 Å². The summed E-state index contributed by atoms with van der Waals surface area (Å²) >= 11 is 0. The molecule has 1 rings (SSSR count). The third kappa shape index (κ3) is 4.29. The summed E-state index contributed by atoms with van der Waals surface area (Å²) in [7, 11) is 3.49. The Morgan fingerprint density at radius 1 is 1.35 bits per heavy atom. The Labute approximate surface area is 120 Å². The zero-order valence-electron chi connectivity index (χ0n) is 12.7. The van der Waals surface area contributed by atoms with Gasteiger partial charge in [0.25, 0.3) is 0 Å². The molecule has 0 aromatic carbocycles. The molecule has 112 valence electrons. The number of carbonyl (C=O) groups excluding carboxylic acids is 1. The van der Waals surface area contributed by atoms with Gasteiger partial charge in [-0.05, 0) is 25.5 Å². The van der Waals surface area contributed by atoms with E-state index in [1.807, 2.05) is 17.9 Å². The van der Waals surface area contributed by atoms with Crippen LogP contribution in [0.25, 0.3) is 0 Å². The second-order valence-electron chi connectivity index (χ2n) is 4.71. The van der Waals surface area contributed by atoms with Crippen LogP contribution in [0.1, 0.15) is 20.3 Å². The number of nitrogens with zero attached hydrogens (tertiary/aromatic N) is 3. The SMILES string of the molecule is CCCN(CC(=O)N(C)C)c1ccc(N)c(OCC)n1. The maximum atomic E-state index is 11.9. The number of ether oxygens (including phenoxy) is 1. The van der Waals surface area contributed by atoms with Gasteiger partial charge in [0.1, 0.15) is 5.82 Å². The molecule has 0 radical (unpaired) electrons. The van der Waals surface area contributed by atoms with E-state index >= 15 is 0 Å². The first-order chi connectivity index (χ1) is 9.49. The Morgan fingerprint density at radius 2 is 2.05 bits per heavy atom. The van der Waals surface area contributed by atoms with Gasteiger partial charge in [0.15, 0.2) is 0 Å². The van der Waals surface area contributed by atoms with E-state index in [-0.39, 0.29) is 5.91 Å². The van der Waals surface area contributed by atoms with Crippen LogP contribution in [0.3, 0.4) is 0 Å². The van der Waals surface area contributed by atoms with Crippen molar-refractivity contribution < 1.29 is 9.53 Å². The summed E-state index contributed by atoms with van der Waals surface area (Å²) in [6, 6.07) is 3.58. The monoisotopic (exact) mass is 280 g/mol. The Kier molecular flexibility index (Phi) is 6.09. The molecule has 0 spiro atoms. The molecule has 6 heteroatoms. The van der Waals surface area contributed by atoms with E-state index in [0.29, 0.717) is 30.5 Å². The number of nitrogens with two attached hydrogens (primary N) is 1. The lowest BCUT2D eigenvalue weighted by atomic mass is 10.3. The Hall–Kier alpha value is -1.98. The molecule has 0 bridgehead atoms. The fourth-order valence-electron chi connectivity index (χ4n) is 1.72. The number of anilines is 2. The molecule has 1 aromatic heterocycles. The second-order valence-corrected chi connectivity index (χ2v) is 4.71. The molecule has 0 aliphatic heterocycles. The minimum atomic E-state index is 0.0371. The van der Waals surface area contributed by atoms with Crippen LogP contribution >= 0.6 is 0 Å². The lowest BCUT2D eigenvalue weighted by molar-refractivity contribution is -0.127. The number of nitrogen functional groups attached to an aromatic ring is 1. The summed E-state index contributed by atoms with van der Waals surface area (Å²) in [5, 5.41) is 0. The fraction of sp³-hybridized carbons (Fsp3) is 0.571. The van der Waals surface area contributed by atoms with Crippen molar-refractivity contribution in [1.29, 1.82) is 0 Å². The summed E-state index contributed by atoms with van der Waals surface area (Å²) in [5.74, 6) is 1.16. The van der Waals surface area contributed by atoms with Crippen molar-refractivity contribution >= 4 is 17.4 Å². The average molecular weight is 280 g/mol. The highest BCUT2D eigenvalue weighted by atomic mass is 16.5. The Morgan fingerprint density at radius 3 is 2.60 bits per heavy atom. The number of hydrogen-bond donors (Lipinski definition) is 1. The van der Waals surface area contributed by atoms with Crippen LogP contribution in [0.2, 0.25) is 0 Å². The molecule has 0 aliphatic carbocycles. The van der Waals surface area contributed by atoms with Gasteiger partial charge in [-0.2, -0.15) is 4.98 Å². The molecule has 0 aliphatic rings. The lowest BCUT2D eigenvalue weighted by Gasteiger charge is -2.24. The van der Waals surface area contributed by atoms with Crippen molar-refractivity contribution in [3.63, 3.8) is 0 Å². The number of pyridine rings is 1. The highest BCUT2D eigenvalue weighted by Gasteiger charge is 2.15. The van der Waals surface area contributed by atoms with Gasteiger partial charge in [-0.3, -0.25) is 4.79 Å². The lowest BCUT2D eigenvalue weighted by Crippen LogP contribution is -2.37. The Balaban J connectivity index is 2.96. The quantitative estimate of drug-likeness (QED) is 0.816. The van der Waals surface area contributed by atoms with Crippen LogP contribution in [0.5, 0.6) is 5.88 Å². The zero-order valence-corrected chi connectivity index (χ0v) is 12.7. The molecule has 2 N–H and O–H groups in total. The molecule has 0 atom stereocenters. The molecule has 6 nitrogen and oxygen atoms in total. The summed E-state index contributed by atoms with van der Waals surface area (Å²) in [6.45, 7) is 5.50. The first-order valence-electron chi connectivity index (χ1n) is 6.84. The van der Waals surface area contributed by atoms with Gasteiger partial charge in [-0.15, -0.1) is 0 Å². The molecule has 0 unspecified atom stereocenters. The van der Waals surface area contributed by atoms with E-state index in [1.54, 1.807) is 25.1 Å². The topological polar surface area (TPSA) is 71.7 Å². The van der Waals surface area contributed by atoms with E-state index in [1.165, 1.54) is 0 Å². The van der Waals surface area contributed by atoms with Crippen LogP contribution in [0.15, 0.2) is 12.1 Å². The molecule has 0 saturated carbocycles. The molecule has 1 aromatic rings. The van der Waals surface area contributed by atoms with Crippen molar-refractivity contribution in [2.45, 2.75) is 20.3 Å². The zero-order chi connectivity index (χ0) is 15.1. The van der Waals surface area contributed by atoms with Crippen LogP contribution in [0, 0.1) is 0 Å². The van der Waals surface area contributed by atoms with E-state index < -0.39 is 0 Å². The van der Waals surface area contributed by atoms with E-state index in [0.717, 1.165) is 13.0 Å². The van der Waals surface area contributed by atoms with Gasteiger partial charge in [-0.25, -0.2) is 0 Å². The van der Waals surface area contributed by atoms with Crippen molar-refractivity contribution in [2.24, 2.45) is 0 Å². The maximum absolute atomic E-state index is 11.9. The fourth-order valence-corrected chi connectivity index (χ4v) is 1.72.